The Bertz CT molecular complexity index is 304. The molecule has 2 heteroatoms. The van der Waals surface area contributed by atoms with Gasteiger partial charge in [-0.15, -0.1) is 6.58 Å². The van der Waals surface area contributed by atoms with Gasteiger partial charge in [-0.05, 0) is 11.6 Å². The molecule has 1 unspecified atom stereocenters. The van der Waals surface area contributed by atoms with E-state index in [-0.39, 0.29) is 6.29 Å². The zero-order chi connectivity index (χ0) is 10.9. The Morgan fingerprint density at radius 1 is 1.33 bits per heavy atom. The van der Waals surface area contributed by atoms with Gasteiger partial charge >= 0.3 is 0 Å². The van der Waals surface area contributed by atoms with Crippen molar-refractivity contribution in [3.8, 4) is 0 Å². The summed E-state index contributed by atoms with van der Waals surface area (Å²) in [7, 11) is 1.61. The minimum atomic E-state index is -0.316. The molecule has 1 aromatic rings. The van der Waals surface area contributed by atoms with Crippen LogP contribution in [0.25, 0.3) is 6.08 Å². The molecular weight excluding hydrogens is 188 g/mol. The van der Waals surface area contributed by atoms with Crippen LogP contribution >= 0.6 is 0 Å². The van der Waals surface area contributed by atoms with Gasteiger partial charge in [0, 0.05) is 7.11 Å². The number of ether oxygens (including phenoxy) is 2. The summed E-state index contributed by atoms with van der Waals surface area (Å²) in [6, 6.07) is 10.0. The smallest absolute Gasteiger partial charge is 0.177 e. The Hall–Kier alpha value is -1.38. The molecule has 0 saturated carbocycles. The standard InChI is InChI=1S/C13H16O2/c1-3-11-15-13(14-2)10-9-12-7-5-4-6-8-12/h3-10,13H,1,11H2,2H3. The zero-order valence-electron chi connectivity index (χ0n) is 8.93. The average Bonchev–Trinajstić information content (AvgIpc) is 2.31. The van der Waals surface area contributed by atoms with Crippen LogP contribution in [-0.2, 0) is 9.47 Å². The molecule has 0 heterocycles. The third-order valence-electron chi connectivity index (χ3n) is 1.86. The Morgan fingerprint density at radius 2 is 2.07 bits per heavy atom. The SMILES string of the molecule is C=CCOC(C=Cc1ccccc1)OC. The van der Waals surface area contributed by atoms with Crippen molar-refractivity contribution in [2.24, 2.45) is 0 Å². The number of rotatable bonds is 6. The van der Waals surface area contributed by atoms with Crippen molar-refractivity contribution in [3.05, 3.63) is 54.6 Å². The van der Waals surface area contributed by atoms with E-state index >= 15 is 0 Å². The van der Waals surface area contributed by atoms with Crippen molar-refractivity contribution >= 4 is 6.08 Å². The van der Waals surface area contributed by atoms with E-state index in [1.54, 1.807) is 13.2 Å². The molecule has 0 saturated heterocycles. The molecule has 2 nitrogen and oxygen atoms in total. The predicted octanol–water partition coefficient (Wildman–Crippen LogP) is 2.87. The molecule has 0 N–H and O–H groups in total. The fraction of sp³-hybridized carbons (Fsp3) is 0.231. The predicted molar refractivity (Wildman–Crippen MR) is 62.4 cm³/mol. The van der Waals surface area contributed by atoms with Gasteiger partial charge in [-0.1, -0.05) is 42.5 Å². The van der Waals surface area contributed by atoms with Gasteiger partial charge in [0.1, 0.15) is 0 Å². The summed E-state index contributed by atoms with van der Waals surface area (Å²) in [6.45, 7) is 4.06. The van der Waals surface area contributed by atoms with Crippen LogP contribution in [0.3, 0.4) is 0 Å². The fourth-order valence-electron chi connectivity index (χ4n) is 1.12. The summed E-state index contributed by atoms with van der Waals surface area (Å²) in [5.74, 6) is 0. The lowest BCUT2D eigenvalue weighted by atomic mass is 10.2. The normalized spacial score (nSPS) is 12.9. The molecule has 1 aromatic carbocycles. The highest BCUT2D eigenvalue weighted by atomic mass is 16.7. The zero-order valence-corrected chi connectivity index (χ0v) is 8.93. The number of hydrogen-bond donors (Lipinski definition) is 0. The number of benzene rings is 1. The van der Waals surface area contributed by atoms with Gasteiger partial charge in [-0.2, -0.15) is 0 Å². The maximum atomic E-state index is 5.34. The molecule has 0 amide bonds. The molecule has 80 valence electrons. The topological polar surface area (TPSA) is 18.5 Å². The molecule has 0 aliphatic rings. The van der Waals surface area contributed by atoms with E-state index in [0.717, 1.165) is 5.56 Å². The van der Waals surface area contributed by atoms with Gasteiger partial charge in [0.25, 0.3) is 0 Å². The van der Waals surface area contributed by atoms with Crippen LogP contribution in [0.1, 0.15) is 5.56 Å². The highest BCUT2D eigenvalue weighted by molar-refractivity contribution is 5.48. The van der Waals surface area contributed by atoms with Crippen LogP contribution < -0.4 is 0 Å². The van der Waals surface area contributed by atoms with E-state index in [9.17, 15) is 0 Å². The molecule has 15 heavy (non-hydrogen) atoms. The van der Waals surface area contributed by atoms with Crippen LogP contribution in [0.4, 0.5) is 0 Å². The van der Waals surface area contributed by atoms with E-state index < -0.39 is 0 Å². The molecule has 0 aliphatic heterocycles. The first-order valence-corrected chi connectivity index (χ1v) is 4.85. The van der Waals surface area contributed by atoms with Crippen LogP contribution in [0.5, 0.6) is 0 Å². The lowest BCUT2D eigenvalue weighted by Gasteiger charge is -2.10. The second-order valence-corrected chi connectivity index (χ2v) is 3.00. The molecular formula is C13H16O2. The Morgan fingerprint density at radius 3 is 2.67 bits per heavy atom. The third-order valence-corrected chi connectivity index (χ3v) is 1.86. The lowest BCUT2D eigenvalue weighted by molar-refractivity contribution is -0.0800. The summed E-state index contributed by atoms with van der Waals surface area (Å²) >= 11 is 0. The average molecular weight is 204 g/mol. The van der Waals surface area contributed by atoms with Crippen molar-refractivity contribution in [1.82, 2.24) is 0 Å². The maximum Gasteiger partial charge on any atom is 0.177 e. The second kappa shape index (κ2) is 6.98. The highest BCUT2D eigenvalue weighted by Gasteiger charge is 1.99. The van der Waals surface area contributed by atoms with Crippen molar-refractivity contribution in [2.75, 3.05) is 13.7 Å². The van der Waals surface area contributed by atoms with E-state index in [1.165, 1.54) is 0 Å². The van der Waals surface area contributed by atoms with Crippen LogP contribution in [0.2, 0.25) is 0 Å². The third kappa shape index (κ3) is 4.58. The first-order valence-electron chi connectivity index (χ1n) is 4.85. The molecule has 0 spiro atoms. The first kappa shape index (κ1) is 11.7. The minimum Gasteiger partial charge on any atom is -0.352 e. The second-order valence-electron chi connectivity index (χ2n) is 3.00. The van der Waals surface area contributed by atoms with Crippen molar-refractivity contribution < 1.29 is 9.47 Å². The lowest BCUT2D eigenvalue weighted by Crippen LogP contribution is -2.11. The van der Waals surface area contributed by atoms with E-state index in [2.05, 4.69) is 6.58 Å². The Kier molecular flexibility index (Phi) is 5.44. The van der Waals surface area contributed by atoms with E-state index in [1.807, 2.05) is 42.5 Å². The van der Waals surface area contributed by atoms with Crippen LogP contribution in [0.15, 0.2) is 49.1 Å². The number of methoxy groups -OCH3 is 1. The van der Waals surface area contributed by atoms with Crippen LogP contribution in [0, 0.1) is 0 Å². The van der Waals surface area contributed by atoms with Gasteiger partial charge in [-0.25, -0.2) is 0 Å². The van der Waals surface area contributed by atoms with Crippen molar-refractivity contribution in [3.63, 3.8) is 0 Å². The molecule has 0 bridgehead atoms. The monoisotopic (exact) mass is 204 g/mol. The maximum absolute atomic E-state index is 5.34. The summed E-state index contributed by atoms with van der Waals surface area (Å²) in [4.78, 5) is 0. The van der Waals surface area contributed by atoms with Gasteiger partial charge in [0.2, 0.25) is 0 Å². The van der Waals surface area contributed by atoms with E-state index in [4.69, 9.17) is 9.47 Å². The van der Waals surface area contributed by atoms with E-state index in [0.29, 0.717) is 6.61 Å². The van der Waals surface area contributed by atoms with Gasteiger partial charge < -0.3 is 9.47 Å². The van der Waals surface area contributed by atoms with Gasteiger partial charge in [0.05, 0.1) is 6.61 Å². The summed E-state index contributed by atoms with van der Waals surface area (Å²) < 4.78 is 10.5. The molecule has 0 aromatic heterocycles. The fourth-order valence-corrected chi connectivity index (χ4v) is 1.12. The molecule has 1 atom stereocenters. The molecule has 1 rings (SSSR count). The first-order chi connectivity index (χ1) is 7.36. The summed E-state index contributed by atoms with van der Waals surface area (Å²) in [5, 5.41) is 0. The minimum absolute atomic E-state index is 0.316. The van der Waals surface area contributed by atoms with Gasteiger partial charge in [0.15, 0.2) is 6.29 Å². The summed E-state index contributed by atoms with van der Waals surface area (Å²) in [5.41, 5.74) is 1.13. The van der Waals surface area contributed by atoms with Crippen molar-refractivity contribution in [2.45, 2.75) is 6.29 Å². The van der Waals surface area contributed by atoms with Crippen LogP contribution in [-0.4, -0.2) is 20.0 Å². The largest absolute Gasteiger partial charge is 0.352 e. The Labute approximate surface area is 90.8 Å². The number of hydrogen-bond acceptors (Lipinski definition) is 2. The molecule has 0 fully saturated rings. The molecule has 0 radical (unpaired) electrons. The Balaban J connectivity index is 2.50. The summed E-state index contributed by atoms with van der Waals surface area (Å²) in [6.07, 6.45) is 5.22. The van der Waals surface area contributed by atoms with Crippen molar-refractivity contribution in [1.29, 1.82) is 0 Å². The van der Waals surface area contributed by atoms with Gasteiger partial charge in [-0.3, -0.25) is 0 Å². The molecule has 0 aliphatic carbocycles. The highest BCUT2D eigenvalue weighted by Crippen LogP contribution is 2.04. The quantitative estimate of drug-likeness (QED) is 0.524.